The van der Waals surface area contributed by atoms with Crippen LogP contribution >= 0.6 is 11.8 Å². The lowest BCUT2D eigenvalue weighted by Crippen LogP contribution is -2.49. The number of carboxylic acids is 1. The number of methoxy groups -OCH3 is 1. The third-order valence-corrected chi connectivity index (χ3v) is 4.72. The van der Waals surface area contributed by atoms with Crippen molar-refractivity contribution < 1.29 is 23.8 Å². The highest BCUT2D eigenvalue weighted by molar-refractivity contribution is 7.98. The van der Waals surface area contributed by atoms with Crippen LogP contribution in [0, 0.1) is 6.92 Å². The Balaban J connectivity index is 2.17. The molecule has 8 heteroatoms. The highest BCUT2D eigenvalue weighted by Crippen LogP contribution is 2.24. The summed E-state index contributed by atoms with van der Waals surface area (Å²) in [7, 11) is 1.52. The van der Waals surface area contributed by atoms with Crippen LogP contribution in [0.3, 0.4) is 0 Å². The van der Waals surface area contributed by atoms with Gasteiger partial charge in [-0.1, -0.05) is 0 Å². The molecule has 7 nitrogen and oxygen atoms in total. The number of ether oxygens (including phenoxy) is 1. The average Bonchev–Trinajstić information content (AvgIpc) is 2.60. The molecule has 0 spiro atoms. The number of aliphatic carboxylic acids is 1. The second-order valence-electron chi connectivity index (χ2n) is 5.75. The van der Waals surface area contributed by atoms with Crippen LogP contribution < -0.4 is 20.8 Å². The molecule has 0 aliphatic carbocycles. The number of hydrogen-bond donors (Lipinski definition) is 1. The summed E-state index contributed by atoms with van der Waals surface area (Å²) in [5.41, 5.74) is 1.02. The van der Waals surface area contributed by atoms with E-state index in [-0.39, 0.29) is 18.6 Å². The first-order chi connectivity index (χ1) is 12.4. The molecule has 0 bridgehead atoms. The Morgan fingerprint density at radius 2 is 2.12 bits per heavy atom. The Morgan fingerprint density at radius 1 is 1.38 bits per heavy atom. The molecule has 0 radical (unpaired) electrons. The number of fused-ring (bicyclic) bond motifs is 1. The predicted molar refractivity (Wildman–Crippen MR) is 97.4 cm³/mol. The number of hydrogen-bond acceptors (Lipinski definition) is 7. The van der Waals surface area contributed by atoms with Gasteiger partial charge >= 0.3 is 5.63 Å². The van der Waals surface area contributed by atoms with Crippen molar-refractivity contribution in [1.29, 1.82) is 0 Å². The van der Waals surface area contributed by atoms with E-state index in [2.05, 4.69) is 5.32 Å². The Kier molecular flexibility index (Phi) is 6.68. The van der Waals surface area contributed by atoms with Gasteiger partial charge in [0.2, 0.25) is 5.91 Å². The van der Waals surface area contributed by atoms with E-state index in [0.717, 1.165) is 10.9 Å². The quantitative estimate of drug-likeness (QED) is 0.672. The van der Waals surface area contributed by atoms with Crippen LogP contribution in [0.25, 0.3) is 11.0 Å². The molecule has 0 saturated carbocycles. The summed E-state index contributed by atoms with van der Waals surface area (Å²) in [5, 5.41) is 14.2. The van der Waals surface area contributed by atoms with E-state index in [1.165, 1.54) is 18.9 Å². The molecule has 26 heavy (non-hydrogen) atoms. The fraction of sp³-hybridized carbons (Fsp3) is 0.389. The van der Waals surface area contributed by atoms with Gasteiger partial charge in [-0.05, 0) is 37.3 Å². The van der Waals surface area contributed by atoms with Gasteiger partial charge in [-0.15, -0.1) is 0 Å². The first kappa shape index (κ1) is 19.8. The minimum Gasteiger partial charge on any atom is -0.548 e. The zero-order valence-electron chi connectivity index (χ0n) is 14.8. The molecule has 1 heterocycles. The van der Waals surface area contributed by atoms with Gasteiger partial charge in [0.1, 0.15) is 11.3 Å². The first-order valence-corrected chi connectivity index (χ1v) is 9.36. The van der Waals surface area contributed by atoms with E-state index in [4.69, 9.17) is 9.15 Å². The fourth-order valence-corrected chi connectivity index (χ4v) is 3.18. The van der Waals surface area contributed by atoms with E-state index in [9.17, 15) is 19.5 Å². The lowest BCUT2D eigenvalue weighted by molar-refractivity contribution is -0.307. The molecule has 2 rings (SSSR count). The molecule has 2 aromatic rings. The van der Waals surface area contributed by atoms with Gasteiger partial charge in [0, 0.05) is 29.2 Å². The highest BCUT2D eigenvalue weighted by Gasteiger charge is 2.16. The van der Waals surface area contributed by atoms with Crippen molar-refractivity contribution in [2.45, 2.75) is 25.8 Å². The van der Waals surface area contributed by atoms with E-state index in [0.29, 0.717) is 16.9 Å². The number of benzene rings is 1. The van der Waals surface area contributed by atoms with Gasteiger partial charge in [-0.2, -0.15) is 11.8 Å². The van der Waals surface area contributed by atoms with Crippen LogP contribution in [-0.4, -0.2) is 37.0 Å². The number of carbonyl (C=O) groups is 2. The van der Waals surface area contributed by atoms with Gasteiger partial charge in [0.15, 0.2) is 0 Å². The largest absolute Gasteiger partial charge is 0.548 e. The molecular weight excluding hydrogens is 358 g/mol. The second-order valence-corrected chi connectivity index (χ2v) is 6.66. The van der Waals surface area contributed by atoms with Gasteiger partial charge in [-0.3, -0.25) is 4.79 Å². The lowest BCUT2D eigenvalue weighted by atomic mass is 10.0. The lowest BCUT2D eigenvalue weighted by Gasteiger charge is -2.18. The first-order valence-electron chi connectivity index (χ1n) is 7.96. The molecule has 0 aliphatic rings. The van der Waals surface area contributed by atoms with Crippen molar-refractivity contribution >= 4 is 34.6 Å². The third kappa shape index (κ3) is 4.57. The van der Waals surface area contributed by atoms with Crippen LogP contribution in [0.2, 0.25) is 0 Å². The molecule has 0 unspecified atom stereocenters. The smallest absolute Gasteiger partial charge is 0.339 e. The molecule has 0 aliphatic heterocycles. The van der Waals surface area contributed by atoms with Crippen LogP contribution in [0.4, 0.5) is 0 Å². The molecule has 1 N–H and O–H groups in total. The predicted octanol–water partition coefficient (Wildman–Crippen LogP) is 0.640. The topological polar surface area (TPSA) is 109 Å². The summed E-state index contributed by atoms with van der Waals surface area (Å²) in [4.78, 5) is 35.3. The van der Waals surface area contributed by atoms with E-state index < -0.39 is 23.5 Å². The fourth-order valence-electron chi connectivity index (χ4n) is 2.63. The number of carbonyl (C=O) groups excluding carboxylic acids is 2. The minimum atomic E-state index is -1.33. The third-order valence-electron chi connectivity index (χ3n) is 4.05. The van der Waals surface area contributed by atoms with Crippen molar-refractivity contribution in [1.82, 2.24) is 5.32 Å². The van der Waals surface area contributed by atoms with Crippen molar-refractivity contribution in [3.63, 3.8) is 0 Å². The zero-order valence-corrected chi connectivity index (χ0v) is 15.6. The standard InChI is InChI=1S/C18H21NO6S/c1-10-12-5-4-11(24-2)8-15(12)25-18(23)13(10)6-7-16(20)19-14(9-26-3)17(21)22/h4-5,8,14H,6-7,9H2,1-3H3,(H,19,20)(H,21,22)/p-1/t14-/m0/s1. The average molecular weight is 378 g/mol. The maximum absolute atomic E-state index is 12.3. The minimum absolute atomic E-state index is 0.0224. The summed E-state index contributed by atoms with van der Waals surface area (Å²) in [6.07, 6.45) is 1.87. The summed E-state index contributed by atoms with van der Waals surface area (Å²) in [6.45, 7) is 1.79. The SMILES string of the molecule is COc1ccc2c(C)c(CCC(=O)N[C@@H](CSC)C(=O)[O-])c(=O)oc2c1. The maximum Gasteiger partial charge on any atom is 0.339 e. The van der Waals surface area contributed by atoms with Crippen LogP contribution in [0.1, 0.15) is 17.5 Å². The van der Waals surface area contributed by atoms with Crippen LogP contribution in [-0.2, 0) is 16.0 Å². The van der Waals surface area contributed by atoms with E-state index in [1.54, 1.807) is 31.4 Å². The summed E-state index contributed by atoms with van der Waals surface area (Å²) in [6, 6.07) is 4.13. The van der Waals surface area contributed by atoms with Gasteiger partial charge in [0.25, 0.3) is 0 Å². The van der Waals surface area contributed by atoms with Crippen LogP contribution in [0.15, 0.2) is 27.4 Å². The second kappa shape index (κ2) is 8.75. The molecule has 0 saturated heterocycles. The molecule has 1 amide bonds. The number of nitrogens with one attached hydrogen (secondary N) is 1. The van der Waals surface area contributed by atoms with E-state index >= 15 is 0 Å². The van der Waals surface area contributed by atoms with Crippen molar-refractivity contribution in [3.8, 4) is 5.75 Å². The number of carboxylic acid groups (broad SMARTS) is 1. The Morgan fingerprint density at radius 3 is 2.73 bits per heavy atom. The van der Waals surface area contributed by atoms with Crippen molar-refractivity contribution in [2.75, 3.05) is 19.1 Å². The van der Waals surface area contributed by atoms with Gasteiger partial charge in [-0.25, -0.2) is 4.79 Å². The number of rotatable bonds is 8. The summed E-state index contributed by atoms with van der Waals surface area (Å²) in [5.74, 6) is -0.994. The molecule has 1 aromatic carbocycles. The van der Waals surface area contributed by atoms with Gasteiger partial charge in [0.05, 0.1) is 19.1 Å². The van der Waals surface area contributed by atoms with Crippen molar-refractivity contribution in [2.24, 2.45) is 0 Å². The molecule has 1 aromatic heterocycles. The van der Waals surface area contributed by atoms with Crippen molar-refractivity contribution in [3.05, 3.63) is 39.7 Å². The van der Waals surface area contributed by atoms with E-state index in [1.807, 2.05) is 0 Å². The molecule has 140 valence electrons. The normalized spacial score (nSPS) is 12.0. The van der Waals surface area contributed by atoms with Gasteiger partial charge < -0.3 is 24.4 Å². The summed E-state index contributed by atoms with van der Waals surface area (Å²) >= 11 is 1.29. The highest BCUT2D eigenvalue weighted by atomic mass is 32.2. The Hall–Kier alpha value is -2.48. The molecular formula is C18H20NO6S-. The Labute approximate surface area is 154 Å². The maximum atomic E-state index is 12.3. The molecule has 0 fully saturated rings. The Bertz CT molecular complexity index is 876. The molecule has 1 atom stereocenters. The summed E-state index contributed by atoms with van der Waals surface area (Å²) < 4.78 is 10.4. The number of aryl methyl sites for hydroxylation is 1. The monoisotopic (exact) mass is 378 g/mol. The number of amides is 1. The number of thioether (sulfide) groups is 1. The zero-order chi connectivity index (χ0) is 19.3. The van der Waals surface area contributed by atoms with Crippen LogP contribution in [0.5, 0.6) is 5.75 Å².